The zero-order valence-corrected chi connectivity index (χ0v) is 24.9. The first kappa shape index (κ1) is 27.1. The average molecular weight is 571 g/mol. The van der Waals surface area contributed by atoms with E-state index in [9.17, 15) is 5.11 Å². The third-order valence-corrected chi connectivity index (χ3v) is 11.2. The van der Waals surface area contributed by atoms with Gasteiger partial charge in [0.1, 0.15) is 9.98 Å². The third-order valence-electron chi connectivity index (χ3n) is 7.24. The molecular weight excluding hydrogens is 537 g/mol. The van der Waals surface area contributed by atoms with Gasteiger partial charge in [-0.1, -0.05) is 48.9 Å². The maximum absolute atomic E-state index is 10.6. The Morgan fingerprint density at radius 3 is 2.18 bits per heavy atom. The molecule has 186 valence electrons. The van der Waals surface area contributed by atoms with Crippen LogP contribution in [0.4, 0.5) is 0 Å². The van der Waals surface area contributed by atoms with Crippen LogP contribution in [0.5, 0.6) is 0 Å². The maximum atomic E-state index is 10.6. The first-order valence-corrected chi connectivity index (χ1v) is 15.9. The Bertz CT molecular complexity index is 926. The van der Waals surface area contributed by atoms with Crippen molar-refractivity contribution in [2.75, 3.05) is 18.1 Å². The second kappa shape index (κ2) is 11.7. The molecule has 4 rings (SSSR count). The Kier molecular flexibility index (Phi) is 9.30. The zero-order chi connectivity index (χ0) is 24.5. The summed E-state index contributed by atoms with van der Waals surface area (Å²) in [7, 11) is 0. The van der Waals surface area contributed by atoms with Crippen LogP contribution < -0.4 is 0 Å². The molecule has 0 aromatic heterocycles. The van der Waals surface area contributed by atoms with E-state index in [0.717, 1.165) is 89.4 Å². The molecule has 1 N–H and O–H groups in total. The molecule has 2 fully saturated rings. The summed E-state index contributed by atoms with van der Waals surface area (Å²) >= 11 is 26.7. The van der Waals surface area contributed by atoms with Gasteiger partial charge in [0.15, 0.2) is 0 Å². The third kappa shape index (κ3) is 5.97. The van der Waals surface area contributed by atoms with E-state index in [0.29, 0.717) is 11.8 Å². The molecule has 3 nitrogen and oxygen atoms in total. The molecule has 0 amide bonds. The second-order valence-corrected chi connectivity index (χ2v) is 14.2. The van der Waals surface area contributed by atoms with Crippen LogP contribution in [0, 0.1) is 11.8 Å². The molecule has 2 saturated heterocycles. The van der Waals surface area contributed by atoms with Crippen molar-refractivity contribution in [2.45, 2.75) is 76.9 Å². The Balaban J connectivity index is 1.17. The van der Waals surface area contributed by atoms with Crippen molar-refractivity contribution in [1.82, 2.24) is 9.80 Å². The highest BCUT2D eigenvalue weighted by atomic mass is 32.2. The molecule has 0 aromatic rings. The Labute approximate surface area is 234 Å². The van der Waals surface area contributed by atoms with Gasteiger partial charge in [-0.05, 0) is 98.7 Å². The van der Waals surface area contributed by atoms with Gasteiger partial charge in [-0.3, -0.25) is 0 Å². The number of hydrogen-bond acceptors (Lipinski definition) is 7. The summed E-state index contributed by atoms with van der Waals surface area (Å²) in [5.41, 5.74) is -0.131. The summed E-state index contributed by atoms with van der Waals surface area (Å²) in [5, 5.41) is 10.6. The first-order chi connectivity index (χ1) is 16.2. The van der Waals surface area contributed by atoms with Crippen LogP contribution in [0.2, 0.25) is 0 Å². The lowest BCUT2D eigenvalue weighted by Gasteiger charge is -2.44. The van der Waals surface area contributed by atoms with Crippen molar-refractivity contribution in [1.29, 1.82) is 0 Å². The predicted molar refractivity (Wildman–Crippen MR) is 164 cm³/mol. The number of rotatable bonds is 10. The summed E-state index contributed by atoms with van der Waals surface area (Å²) in [6.45, 7) is 5.32. The number of nitrogens with zero attached hydrogens (tertiary/aromatic N) is 2. The molecule has 34 heavy (non-hydrogen) atoms. The molecule has 0 saturated carbocycles. The zero-order valence-electron chi connectivity index (χ0n) is 20.0. The molecule has 3 unspecified atom stereocenters. The van der Waals surface area contributed by atoms with E-state index < -0.39 is 0 Å². The SMILES string of the molecule is CC(C)(CCCC(O)CCCCN1C(=S)C=C2SCCC2C1=S)N1C(=S)C=C2SCCC2C1=S. The monoisotopic (exact) mass is 570 g/mol. The van der Waals surface area contributed by atoms with Gasteiger partial charge in [0.25, 0.3) is 0 Å². The number of aliphatic hydroxyl groups excluding tert-OH is 1. The van der Waals surface area contributed by atoms with Crippen LogP contribution in [0.3, 0.4) is 0 Å². The average Bonchev–Trinajstić information content (AvgIpc) is 3.42. The van der Waals surface area contributed by atoms with Gasteiger partial charge in [-0.25, -0.2) is 0 Å². The molecule has 0 spiro atoms. The highest BCUT2D eigenvalue weighted by molar-refractivity contribution is 8.03. The van der Waals surface area contributed by atoms with Gasteiger partial charge in [-0.15, -0.1) is 23.5 Å². The smallest absolute Gasteiger partial charge is 0.108 e. The number of thioether (sulfide) groups is 2. The molecule has 0 aromatic carbocycles. The van der Waals surface area contributed by atoms with Crippen molar-refractivity contribution in [3.63, 3.8) is 0 Å². The topological polar surface area (TPSA) is 26.7 Å². The molecule has 3 atom stereocenters. The lowest BCUT2D eigenvalue weighted by molar-refractivity contribution is 0.141. The van der Waals surface area contributed by atoms with E-state index in [1.807, 2.05) is 23.5 Å². The number of thiocarbonyl (C=S) groups is 4. The minimum Gasteiger partial charge on any atom is -0.393 e. The van der Waals surface area contributed by atoms with E-state index >= 15 is 0 Å². The normalized spacial score (nSPS) is 26.0. The Morgan fingerprint density at radius 1 is 0.912 bits per heavy atom. The van der Waals surface area contributed by atoms with Crippen molar-refractivity contribution in [3.8, 4) is 0 Å². The summed E-state index contributed by atoms with van der Waals surface area (Å²) in [6.07, 6.45) is 11.8. The molecule has 4 aliphatic heterocycles. The molecule has 0 aliphatic carbocycles. The molecule has 9 heteroatoms. The lowest BCUT2D eigenvalue weighted by atomic mass is 9.90. The minimum atomic E-state index is -0.272. The largest absolute Gasteiger partial charge is 0.393 e. The quantitative estimate of drug-likeness (QED) is 0.228. The van der Waals surface area contributed by atoms with E-state index in [-0.39, 0.29) is 11.6 Å². The number of unbranched alkanes of at least 4 members (excludes halogenated alkanes) is 1. The predicted octanol–water partition coefficient (Wildman–Crippen LogP) is 6.68. The Hall–Kier alpha value is 0.1000. The van der Waals surface area contributed by atoms with Crippen molar-refractivity contribution in [3.05, 3.63) is 22.0 Å². The highest BCUT2D eigenvalue weighted by Crippen LogP contribution is 2.43. The van der Waals surface area contributed by atoms with Crippen molar-refractivity contribution in [2.24, 2.45) is 11.8 Å². The molecule has 4 aliphatic rings. The summed E-state index contributed by atoms with van der Waals surface area (Å²) < 4.78 is 0. The van der Waals surface area contributed by atoms with Crippen LogP contribution in [0.1, 0.15) is 65.2 Å². The van der Waals surface area contributed by atoms with Gasteiger partial charge in [0, 0.05) is 23.9 Å². The van der Waals surface area contributed by atoms with Crippen LogP contribution in [0.15, 0.2) is 22.0 Å². The van der Waals surface area contributed by atoms with E-state index in [2.05, 4.69) is 35.8 Å². The molecule has 4 heterocycles. The van der Waals surface area contributed by atoms with Crippen molar-refractivity contribution < 1.29 is 5.11 Å². The molecular formula is C25H34N2OS6. The second-order valence-electron chi connectivity index (χ2n) is 10.2. The van der Waals surface area contributed by atoms with E-state index in [1.165, 1.54) is 9.81 Å². The molecule has 0 radical (unpaired) electrons. The van der Waals surface area contributed by atoms with Gasteiger partial charge in [0.2, 0.25) is 0 Å². The summed E-state index contributed by atoms with van der Waals surface area (Å²) in [6, 6.07) is 0. The standard InChI is InChI=1S/C25H34N2OS6/c1-25(2,27-22(30)15-20-18(24(27)32)9-13-34-20)10-5-7-16(28)6-3-4-11-26-21(29)14-19-17(23(26)31)8-12-33-19/h14-18,28H,3-13H2,1-2H3. The van der Waals surface area contributed by atoms with E-state index in [4.69, 9.17) is 48.9 Å². The molecule has 0 bridgehead atoms. The minimum absolute atomic E-state index is 0.131. The summed E-state index contributed by atoms with van der Waals surface area (Å²) in [4.78, 5) is 10.8. The van der Waals surface area contributed by atoms with Crippen LogP contribution in [-0.2, 0) is 0 Å². The first-order valence-electron chi connectivity index (χ1n) is 12.3. The van der Waals surface area contributed by atoms with E-state index in [1.54, 1.807) is 0 Å². The van der Waals surface area contributed by atoms with Gasteiger partial charge in [0.05, 0.1) is 16.1 Å². The van der Waals surface area contributed by atoms with Gasteiger partial charge < -0.3 is 14.9 Å². The van der Waals surface area contributed by atoms with Crippen LogP contribution >= 0.6 is 72.4 Å². The van der Waals surface area contributed by atoms with Crippen LogP contribution in [-0.4, -0.2) is 64.6 Å². The van der Waals surface area contributed by atoms with Crippen molar-refractivity contribution >= 4 is 92.3 Å². The van der Waals surface area contributed by atoms with Crippen LogP contribution in [0.25, 0.3) is 0 Å². The fourth-order valence-corrected chi connectivity index (χ4v) is 9.95. The summed E-state index contributed by atoms with van der Waals surface area (Å²) in [5.74, 6) is 3.04. The fraction of sp³-hybridized carbons (Fsp3) is 0.680. The van der Waals surface area contributed by atoms with Gasteiger partial charge >= 0.3 is 0 Å². The highest BCUT2D eigenvalue weighted by Gasteiger charge is 2.40. The number of fused-ring (bicyclic) bond motifs is 2. The maximum Gasteiger partial charge on any atom is 0.108 e. The van der Waals surface area contributed by atoms with Gasteiger partial charge in [-0.2, -0.15) is 0 Å². The number of aliphatic hydroxyl groups is 1. The fourth-order valence-electron chi connectivity index (χ4n) is 5.29. The lowest BCUT2D eigenvalue weighted by Crippen LogP contribution is -2.53. The Morgan fingerprint density at radius 2 is 1.50 bits per heavy atom. The number of hydrogen-bond donors (Lipinski definition) is 1.